The minimum Gasteiger partial charge on any atom is -0.298 e. The number of nitrogens with one attached hydrogen (secondary N) is 1. The Hall–Kier alpha value is -2.75. The lowest BCUT2D eigenvalue weighted by Crippen LogP contribution is -2.10. The molecule has 0 saturated carbocycles. The molecular formula is C19H15ClN4O3S2. The molecule has 0 spiro atoms. The number of nitrogens with zero attached hydrogens (tertiary/aromatic N) is 3. The van der Waals surface area contributed by atoms with Gasteiger partial charge in [0.15, 0.2) is 15.0 Å². The van der Waals surface area contributed by atoms with Gasteiger partial charge in [0.25, 0.3) is 5.91 Å². The maximum absolute atomic E-state index is 12.5. The Morgan fingerprint density at radius 2 is 2.03 bits per heavy atom. The van der Waals surface area contributed by atoms with Crippen LogP contribution in [-0.2, 0) is 16.4 Å². The van der Waals surface area contributed by atoms with Gasteiger partial charge in [-0.3, -0.25) is 14.8 Å². The van der Waals surface area contributed by atoms with Gasteiger partial charge in [0.1, 0.15) is 0 Å². The standard InChI is InChI=1S/C19H15ClN4O3S2/c1-29(26,27)14-6-7-16-17(8-14)28-19(22-16)23-18(25)13-9-21-24(11-13)10-12-4-2-3-5-15(12)20/h2-9,11H,10H2,1H3,(H,22,23,25). The number of halogens is 1. The maximum atomic E-state index is 12.5. The summed E-state index contributed by atoms with van der Waals surface area (Å²) in [4.78, 5) is 17.1. The Morgan fingerprint density at radius 1 is 1.24 bits per heavy atom. The van der Waals surface area contributed by atoms with E-state index in [9.17, 15) is 13.2 Å². The molecule has 29 heavy (non-hydrogen) atoms. The Kier molecular flexibility index (Phi) is 5.12. The predicted molar refractivity (Wildman–Crippen MR) is 113 cm³/mol. The van der Waals surface area contributed by atoms with Crippen molar-refractivity contribution in [3.05, 3.63) is 71.0 Å². The number of anilines is 1. The van der Waals surface area contributed by atoms with Crippen LogP contribution in [0.3, 0.4) is 0 Å². The average Bonchev–Trinajstić information content (AvgIpc) is 3.28. The van der Waals surface area contributed by atoms with Crippen molar-refractivity contribution in [3.8, 4) is 0 Å². The number of thiazole rings is 1. The molecule has 0 bridgehead atoms. The van der Waals surface area contributed by atoms with Gasteiger partial charge in [0, 0.05) is 17.5 Å². The number of hydrogen-bond donors (Lipinski definition) is 1. The summed E-state index contributed by atoms with van der Waals surface area (Å²) in [5.74, 6) is -0.349. The van der Waals surface area contributed by atoms with E-state index in [0.717, 1.165) is 11.8 Å². The third kappa shape index (κ3) is 4.31. The molecule has 2 heterocycles. The molecule has 0 aliphatic heterocycles. The van der Waals surface area contributed by atoms with Crippen LogP contribution in [0.1, 0.15) is 15.9 Å². The van der Waals surface area contributed by atoms with E-state index in [0.29, 0.717) is 32.5 Å². The number of carbonyl (C=O) groups excluding carboxylic acids is 1. The zero-order valence-corrected chi connectivity index (χ0v) is 17.6. The molecule has 0 aliphatic rings. The number of carbonyl (C=O) groups is 1. The van der Waals surface area contributed by atoms with E-state index in [1.54, 1.807) is 29.1 Å². The van der Waals surface area contributed by atoms with Crippen molar-refractivity contribution in [3.63, 3.8) is 0 Å². The molecule has 0 fully saturated rings. The number of benzene rings is 2. The highest BCUT2D eigenvalue weighted by molar-refractivity contribution is 7.90. The monoisotopic (exact) mass is 446 g/mol. The van der Waals surface area contributed by atoms with E-state index in [-0.39, 0.29) is 10.8 Å². The normalized spacial score (nSPS) is 11.7. The quantitative estimate of drug-likeness (QED) is 0.502. The molecule has 1 amide bonds. The summed E-state index contributed by atoms with van der Waals surface area (Å²) < 4.78 is 25.7. The van der Waals surface area contributed by atoms with Gasteiger partial charge in [-0.1, -0.05) is 41.1 Å². The second-order valence-electron chi connectivity index (χ2n) is 6.39. The summed E-state index contributed by atoms with van der Waals surface area (Å²) in [6.45, 7) is 0.447. The topological polar surface area (TPSA) is 93.9 Å². The molecule has 0 radical (unpaired) electrons. The summed E-state index contributed by atoms with van der Waals surface area (Å²) in [6, 6.07) is 12.1. The fraction of sp³-hybridized carbons (Fsp3) is 0.105. The van der Waals surface area contributed by atoms with Gasteiger partial charge in [-0.05, 0) is 29.8 Å². The summed E-state index contributed by atoms with van der Waals surface area (Å²) in [5, 5.41) is 7.96. The molecule has 2 aromatic carbocycles. The van der Waals surface area contributed by atoms with E-state index in [1.165, 1.54) is 23.6 Å². The maximum Gasteiger partial charge on any atom is 0.260 e. The number of rotatable bonds is 5. The minimum absolute atomic E-state index is 0.215. The van der Waals surface area contributed by atoms with Gasteiger partial charge >= 0.3 is 0 Å². The van der Waals surface area contributed by atoms with Crippen molar-refractivity contribution in [2.75, 3.05) is 11.6 Å². The molecule has 0 atom stereocenters. The lowest BCUT2D eigenvalue weighted by molar-refractivity contribution is 0.102. The Morgan fingerprint density at radius 3 is 2.79 bits per heavy atom. The van der Waals surface area contributed by atoms with Gasteiger partial charge in [0.2, 0.25) is 0 Å². The van der Waals surface area contributed by atoms with Crippen molar-refractivity contribution < 1.29 is 13.2 Å². The van der Waals surface area contributed by atoms with Crippen molar-refractivity contribution in [2.45, 2.75) is 11.4 Å². The van der Waals surface area contributed by atoms with Crippen molar-refractivity contribution in [2.24, 2.45) is 0 Å². The first kappa shape index (κ1) is 19.6. The zero-order valence-electron chi connectivity index (χ0n) is 15.2. The van der Waals surface area contributed by atoms with Crippen LogP contribution in [-0.4, -0.2) is 35.3 Å². The third-order valence-electron chi connectivity index (χ3n) is 4.19. The van der Waals surface area contributed by atoms with Crippen molar-refractivity contribution >= 4 is 54.0 Å². The molecule has 2 aromatic heterocycles. The fourth-order valence-corrected chi connectivity index (χ4v) is 4.54. The highest BCUT2D eigenvalue weighted by Gasteiger charge is 2.14. The smallest absolute Gasteiger partial charge is 0.260 e. The lowest BCUT2D eigenvalue weighted by Gasteiger charge is -2.03. The van der Waals surface area contributed by atoms with Crippen LogP contribution in [0.5, 0.6) is 0 Å². The summed E-state index contributed by atoms with van der Waals surface area (Å²) in [7, 11) is -3.31. The minimum atomic E-state index is -3.31. The first-order valence-electron chi connectivity index (χ1n) is 8.47. The first-order valence-corrected chi connectivity index (χ1v) is 11.6. The molecule has 7 nitrogen and oxygen atoms in total. The van der Waals surface area contributed by atoms with Gasteiger partial charge < -0.3 is 0 Å². The van der Waals surface area contributed by atoms with Crippen molar-refractivity contribution in [1.29, 1.82) is 0 Å². The molecular weight excluding hydrogens is 432 g/mol. The number of amides is 1. The lowest BCUT2D eigenvalue weighted by atomic mass is 10.2. The van der Waals surface area contributed by atoms with Crippen LogP contribution in [0.4, 0.5) is 5.13 Å². The van der Waals surface area contributed by atoms with Gasteiger partial charge in [0.05, 0.1) is 33.4 Å². The Labute approximate surface area is 175 Å². The SMILES string of the molecule is CS(=O)(=O)c1ccc2nc(NC(=O)c3cnn(Cc4ccccc4Cl)c3)sc2c1. The highest BCUT2D eigenvalue weighted by atomic mass is 35.5. The second kappa shape index (κ2) is 7.58. The van der Waals surface area contributed by atoms with Gasteiger partial charge in [-0.25, -0.2) is 13.4 Å². The number of aromatic nitrogens is 3. The molecule has 0 saturated heterocycles. The van der Waals surface area contributed by atoms with Crippen LogP contribution >= 0.6 is 22.9 Å². The Bertz CT molecular complexity index is 1330. The molecule has 10 heteroatoms. The van der Waals surface area contributed by atoms with Crippen LogP contribution in [0.15, 0.2) is 59.8 Å². The predicted octanol–water partition coefficient (Wildman–Crippen LogP) is 3.85. The van der Waals surface area contributed by atoms with Crippen LogP contribution in [0.2, 0.25) is 5.02 Å². The highest BCUT2D eigenvalue weighted by Crippen LogP contribution is 2.28. The van der Waals surface area contributed by atoms with Gasteiger partial charge in [-0.2, -0.15) is 5.10 Å². The molecule has 4 aromatic rings. The molecule has 1 N–H and O–H groups in total. The van der Waals surface area contributed by atoms with E-state index in [4.69, 9.17) is 11.6 Å². The third-order valence-corrected chi connectivity index (χ3v) is 6.61. The molecule has 0 aliphatic carbocycles. The van der Waals surface area contributed by atoms with E-state index in [2.05, 4.69) is 15.4 Å². The summed E-state index contributed by atoms with van der Waals surface area (Å²) in [5.41, 5.74) is 1.90. The first-order chi connectivity index (χ1) is 13.8. The second-order valence-corrected chi connectivity index (χ2v) is 9.85. The number of hydrogen-bond acceptors (Lipinski definition) is 6. The van der Waals surface area contributed by atoms with E-state index in [1.807, 2.05) is 18.2 Å². The summed E-state index contributed by atoms with van der Waals surface area (Å²) >= 11 is 7.37. The van der Waals surface area contributed by atoms with Crippen molar-refractivity contribution in [1.82, 2.24) is 14.8 Å². The molecule has 148 valence electrons. The largest absolute Gasteiger partial charge is 0.298 e. The van der Waals surface area contributed by atoms with E-state index < -0.39 is 9.84 Å². The molecule has 0 unspecified atom stereocenters. The zero-order chi connectivity index (χ0) is 20.6. The van der Waals surface area contributed by atoms with Crippen LogP contribution in [0, 0.1) is 0 Å². The van der Waals surface area contributed by atoms with Crippen LogP contribution < -0.4 is 5.32 Å². The van der Waals surface area contributed by atoms with E-state index >= 15 is 0 Å². The number of fused-ring (bicyclic) bond motifs is 1. The summed E-state index contributed by atoms with van der Waals surface area (Å²) in [6.07, 6.45) is 4.26. The van der Waals surface area contributed by atoms with Crippen LogP contribution in [0.25, 0.3) is 10.2 Å². The average molecular weight is 447 g/mol. The number of sulfone groups is 1. The van der Waals surface area contributed by atoms with Gasteiger partial charge in [-0.15, -0.1) is 0 Å². The Balaban J connectivity index is 1.51. The molecule has 4 rings (SSSR count). The fourth-order valence-electron chi connectivity index (χ4n) is 2.73.